The molecule has 0 saturated carbocycles. The van der Waals surface area contributed by atoms with Crippen molar-refractivity contribution in [1.29, 1.82) is 0 Å². The van der Waals surface area contributed by atoms with E-state index >= 15 is 0 Å². The largest absolute Gasteiger partial charge is 0.362 e. The number of likely N-dealkylation sites (N-methyl/N-ethyl adjacent to an activating group) is 1. The highest BCUT2D eigenvalue weighted by atomic mass is 32.2. The first-order valence-corrected chi connectivity index (χ1v) is 11.2. The zero-order valence-corrected chi connectivity index (χ0v) is 16.4. The molecule has 4 heteroatoms. The van der Waals surface area contributed by atoms with Gasteiger partial charge < -0.3 is 4.90 Å². The Morgan fingerprint density at radius 2 is 1.65 bits per heavy atom. The molecule has 0 spiro atoms. The molecule has 0 aliphatic carbocycles. The van der Waals surface area contributed by atoms with E-state index in [0.29, 0.717) is 5.92 Å². The van der Waals surface area contributed by atoms with Gasteiger partial charge in [-0.05, 0) is 54.3 Å². The fraction of sp³-hybridized carbons (Fsp3) is 0.318. The Balaban J connectivity index is 1.82. The van der Waals surface area contributed by atoms with Crippen molar-refractivity contribution in [2.75, 3.05) is 19.8 Å². The van der Waals surface area contributed by atoms with Crippen LogP contribution in [-0.4, -0.2) is 42.3 Å². The van der Waals surface area contributed by atoms with Crippen LogP contribution in [-0.2, 0) is 6.42 Å². The molecule has 0 aromatic heterocycles. The minimum Gasteiger partial charge on any atom is -0.362 e. The number of likely N-dealkylation sites (tertiary alicyclic amines) is 1. The van der Waals surface area contributed by atoms with Crippen molar-refractivity contribution in [3.05, 3.63) is 71.0 Å². The van der Waals surface area contributed by atoms with Crippen LogP contribution in [0.25, 0.3) is 0 Å². The highest BCUT2D eigenvalue weighted by molar-refractivity contribution is 8.26. The average molecular weight is 371 g/mol. The van der Waals surface area contributed by atoms with Crippen LogP contribution < -0.4 is 0 Å². The van der Waals surface area contributed by atoms with Crippen molar-refractivity contribution in [3.63, 3.8) is 0 Å². The van der Waals surface area contributed by atoms with Crippen molar-refractivity contribution in [2.24, 2.45) is 4.40 Å². The van der Waals surface area contributed by atoms with Crippen molar-refractivity contribution in [1.82, 2.24) is 4.90 Å². The number of nitrogens with zero attached hydrogens (tertiary/aromatic N) is 2. The lowest BCUT2D eigenvalue weighted by molar-refractivity contribution is 0.414. The van der Waals surface area contributed by atoms with E-state index in [1.165, 1.54) is 23.3 Å². The summed E-state index contributed by atoms with van der Waals surface area (Å²) in [6.07, 6.45) is 5.10. The van der Waals surface area contributed by atoms with Gasteiger partial charge >= 0.3 is 0 Å². The van der Waals surface area contributed by atoms with Crippen molar-refractivity contribution in [3.8, 4) is 0 Å². The molecule has 26 heavy (non-hydrogen) atoms. The van der Waals surface area contributed by atoms with Gasteiger partial charge in [0.2, 0.25) is 0 Å². The summed E-state index contributed by atoms with van der Waals surface area (Å²) in [5.41, 5.74) is 3.64. The Labute approximate surface area is 157 Å². The second kappa shape index (κ2) is 7.67. The number of benzene rings is 2. The standard InChI is InChI=1S/C22H27FN2S/c1-25-15-5-6-21(22(25)24-26(2,3)4)19-11-7-17(8-12-19)16-18-9-13-20(23)14-10-18/h7-14,21H,2-3,5-6,15-16H2,1,4H3/b24-22-. The number of halogens is 1. The molecular formula is C22H27FN2S. The van der Waals surface area contributed by atoms with E-state index in [2.05, 4.69) is 48.0 Å². The van der Waals surface area contributed by atoms with Gasteiger partial charge in [0.25, 0.3) is 0 Å². The van der Waals surface area contributed by atoms with E-state index in [9.17, 15) is 4.39 Å². The third kappa shape index (κ3) is 4.76. The first-order valence-electron chi connectivity index (χ1n) is 8.90. The summed E-state index contributed by atoms with van der Waals surface area (Å²) in [5.74, 6) is 9.48. The molecule has 1 aliphatic heterocycles. The fourth-order valence-electron chi connectivity index (χ4n) is 3.42. The molecule has 0 radical (unpaired) electrons. The molecule has 1 aliphatic rings. The normalized spacial score (nSPS) is 19.7. The first kappa shape index (κ1) is 18.7. The summed E-state index contributed by atoms with van der Waals surface area (Å²) < 4.78 is 17.9. The van der Waals surface area contributed by atoms with Gasteiger partial charge in [-0.1, -0.05) is 48.1 Å². The maximum absolute atomic E-state index is 13.0. The van der Waals surface area contributed by atoms with Crippen LogP contribution >= 0.6 is 9.39 Å². The zero-order valence-electron chi connectivity index (χ0n) is 15.6. The highest BCUT2D eigenvalue weighted by Gasteiger charge is 2.26. The molecule has 2 nitrogen and oxygen atoms in total. The molecule has 138 valence electrons. The van der Waals surface area contributed by atoms with Crippen LogP contribution in [0.1, 0.15) is 35.4 Å². The molecule has 1 unspecified atom stereocenters. The highest BCUT2D eigenvalue weighted by Crippen LogP contribution is 2.31. The molecule has 2 aromatic carbocycles. The number of amidine groups is 1. The summed E-state index contributed by atoms with van der Waals surface area (Å²) >= 11 is 0. The maximum Gasteiger partial charge on any atom is 0.123 e. The molecule has 1 saturated heterocycles. The lowest BCUT2D eigenvalue weighted by Gasteiger charge is -2.34. The molecule has 1 fully saturated rings. The second-order valence-electron chi connectivity index (χ2n) is 7.33. The lowest BCUT2D eigenvalue weighted by Crippen LogP contribution is -2.37. The Hall–Kier alpha value is -2.07. The molecule has 3 rings (SSSR count). The van der Waals surface area contributed by atoms with Crippen LogP contribution in [0.15, 0.2) is 52.9 Å². The topological polar surface area (TPSA) is 15.6 Å². The number of rotatable bonds is 4. The Morgan fingerprint density at radius 1 is 1.08 bits per heavy atom. The summed E-state index contributed by atoms with van der Waals surface area (Å²) in [6.45, 7) is 1.04. The van der Waals surface area contributed by atoms with Gasteiger partial charge in [-0.15, -0.1) is 9.39 Å². The van der Waals surface area contributed by atoms with Gasteiger partial charge in [0, 0.05) is 19.5 Å². The van der Waals surface area contributed by atoms with Gasteiger partial charge in [0.05, 0.1) is 0 Å². The first-order chi connectivity index (χ1) is 12.3. The monoisotopic (exact) mass is 370 g/mol. The molecule has 0 N–H and O–H groups in total. The third-order valence-corrected chi connectivity index (χ3v) is 5.33. The summed E-state index contributed by atoms with van der Waals surface area (Å²) in [4.78, 5) is 2.25. The average Bonchev–Trinajstić information content (AvgIpc) is 2.59. The van der Waals surface area contributed by atoms with E-state index < -0.39 is 9.39 Å². The number of hydrogen-bond donors (Lipinski definition) is 0. The van der Waals surface area contributed by atoms with Gasteiger partial charge in [-0.3, -0.25) is 0 Å². The van der Waals surface area contributed by atoms with E-state index in [0.717, 1.165) is 37.2 Å². The van der Waals surface area contributed by atoms with Crippen molar-refractivity contribution in [2.45, 2.75) is 25.2 Å². The quantitative estimate of drug-likeness (QED) is 0.703. The minimum absolute atomic E-state index is 0.192. The third-order valence-electron chi connectivity index (χ3n) is 4.71. The Kier molecular flexibility index (Phi) is 5.52. The van der Waals surface area contributed by atoms with E-state index in [1.807, 2.05) is 18.4 Å². The van der Waals surface area contributed by atoms with Gasteiger partial charge in [-0.2, -0.15) is 0 Å². The predicted octanol–water partition coefficient (Wildman–Crippen LogP) is 4.84. The minimum atomic E-state index is -1.43. The SMILES string of the molecule is C=S(=C)(C)/N=C1/C(c2ccc(Cc3ccc(F)cc3)cc2)CCCN1C. The molecule has 0 amide bonds. The fourth-order valence-corrected chi connectivity index (χ4v) is 4.14. The number of piperidine rings is 1. The van der Waals surface area contributed by atoms with Gasteiger partial charge in [0.15, 0.2) is 0 Å². The second-order valence-corrected chi connectivity index (χ2v) is 9.96. The van der Waals surface area contributed by atoms with Crippen molar-refractivity contribution >= 4 is 27.0 Å². The summed E-state index contributed by atoms with van der Waals surface area (Å²) in [5, 5.41) is 0. The molecule has 2 aromatic rings. The Morgan fingerprint density at radius 3 is 2.23 bits per heavy atom. The summed E-state index contributed by atoms with van der Waals surface area (Å²) in [7, 11) is 0.676. The number of hydrogen-bond acceptors (Lipinski definition) is 1. The van der Waals surface area contributed by atoms with E-state index in [4.69, 9.17) is 4.40 Å². The van der Waals surface area contributed by atoms with Crippen LogP contribution in [0.5, 0.6) is 0 Å². The zero-order chi connectivity index (χ0) is 18.7. The Bertz CT molecular complexity index is 881. The smallest absolute Gasteiger partial charge is 0.123 e. The summed E-state index contributed by atoms with van der Waals surface area (Å²) in [6, 6.07) is 15.5. The van der Waals surface area contributed by atoms with Gasteiger partial charge in [0.1, 0.15) is 11.7 Å². The van der Waals surface area contributed by atoms with E-state index in [1.54, 1.807) is 0 Å². The van der Waals surface area contributed by atoms with Crippen LogP contribution in [0.4, 0.5) is 4.39 Å². The molecule has 1 heterocycles. The van der Waals surface area contributed by atoms with Crippen LogP contribution in [0.3, 0.4) is 0 Å². The van der Waals surface area contributed by atoms with Crippen molar-refractivity contribution < 1.29 is 4.39 Å². The van der Waals surface area contributed by atoms with E-state index in [-0.39, 0.29) is 5.82 Å². The van der Waals surface area contributed by atoms with Gasteiger partial charge in [-0.25, -0.2) is 8.79 Å². The molecule has 0 bridgehead atoms. The lowest BCUT2D eigenvalue weighted by atomic mass is 9.88. The predicted molar refractivity (Wildman–Crippen MR) is 115 cm³/mol. The van der Waals surface area contributed by atoms with Crippen LogP contribution in [0, 0.1) is 5.82 Å². The molecule has 1 atom stereocenters. The molecular weight excluding hydrogens is 343 g/mol. The van der Waals surface area contributed by atoms with Crippen LogP contribution in [0.2, 0.25) is 0 Å². The maximum atomic E-state index is 13.0.